The average molecular weight is 573 g/mol. The van der Waals surface area contributed by atoms with Gasteiger partial charge in [0.1, 0.15) is 0 Å². The topological polar surface area (TPSA) is 62.5 Å². The molecule has 6 nitrogen and oxygen atoms in total. The molecule has 2 aromatic carbocycles. The molecule has 1 aliphatic rings. The lowest BCUT2D eigenvalue weighted by atomic mass is 9.99. The first-order valence-corrected chi connectivity index (χ1v) is 16.5. The maximum atomic E-state index is 14.0. The van der Waals surface area contributed by atoms with E-state index in [0.717, 1.165) is 68.4 Å². The van der Waals surface area contributed by atoms with E-state index in [1.54, 1.807) is 0 Å². The van der Waals surface area contributed by atoms with Crippen LogP contribution in [0, 0.1) is 5.92 Å². The van der Waals surface area contributed by atoms with E-state index in [0.29, 0.717) is 24.2 Å². The normalized spacial score (nSPS) is 14.5. The number of rotatable bonds is 16. The molecule has 6 heteroatoms. The predicted molar refractivity (Wildman–Crippen MR) is 171 cm³/mol. The molecule has 0 saturated carbocycles. The first-order chi connectivity index (χ1) is 20.5. The number of carbonyl (C=O) groups is 1. The van der Waals surface area contributed by atoms with Crippen molar-refractivity contribution in [1.29, 1.82) is 0 Å². The lowest BCUT2D eigenvalue weighted by Gasteiger charge is -2.39. The molecule has 0 N–H and O–H groups in total. The van der Waals surface area contributed by atoms with Gasteiger partial charge in [-0.2, -0.15) is 4.98 Å². The molecule has 3 aromatic rings. The molecule has 1 fully saturated rings. The fraction of sp³-hybridized carbons (Fsp3) is 0.583. The summed E-state index contributed by atoms with van der Waals surface area (Å²) in [4.78, 5) is 23.3. The van der Waals surface area contributed by atoms with Gasteiger partial charge in [-0.1, -0.05) is 94.9 Å². The van der Waals surface area contributed by atoms with Gasteiger partial charge in [-0.3, -0.25) is 4.79 Å². The predicted octanol–water partition coefficient (Wildman–Crippen LogP) is 8.35. The van der Waals surface area contributed by atoms with Crippen LogP contribution in [0.25, 0.3) is 11.4 Å². The standard InChI is InChI=1S/C36H52N4O2/c1-5-7-9-11-29-13-19-32(20-14-29)36(41)40(33-22-25-39(26-23-33)24-21-28(3)4)27-30-15-17-31(18-16-30)35-37-34(42-38-35)12-10-8-6-2/h13-20,28,33H,5-12,21-27H2,1-4H3. The van der Waals surface area contributed by atoms with E-state index >= 15 is 0 Å². The van der Waals surface area contributed by atoms with Gasteiger partial charge in [0, 0.05) is 43.2 Å². The maximum absolute atomic E-state index is 14.0. The van der Waals surface area contributed by atoms with Crippen LogP contribution in [0.2, 0.25) is 0 Å². The molecule has 1 aromatic heterocycles. The fourth-order valence-electron chi connectivity index (χ4n) is 5.78. The van der Waals surface area contributed by atoms with Crippen LogP contribution in [0.3, 0.4) is 0 Å². The summed E-state index contributed by atoms with van der Waals surface area (Å²) < 4.78 is 5.48. The Kier molecular flexibility index (Phi) is 12.6. The van der Waals surface area contributed by atoms with Crippen LogP contribution in [0.5, 0.6) is 0 Å². The summed E-state index contributed by atoms with van der Waals surface area (Å²) in [7, 11) is 0. The van der Waals surface area contributed by atoms with Gasteiger partial charge in [0.05, 0.1) is 0 Å². The van der Waals surface area contributed by atoms with Crippen molar-refractivity contribution in [3.05, 3.63) is 71.1 Å². The van der Waals surface area contributed by atoms with E-state index < -0.39 is 0 Å². The Bertz CT molecular complexity index is 1190. The van der Waals surface area contributed by atoms with Gasteiger partial charge in [-0.25, -0.2) is 0 Å². The first kappa shape index (κ1) is 31.9. The number of aryl methyl sites for hydroxylation is 2. The number of aromatic nitrogens is 2. The van der Waals surface area contributed by atoms with Crippen LogP contribution in [0.15, 0.2) is 53.1 Å². The minimum atomic E-state index is 0.134. The third kappa shape index (κ3) is 9.52. The molecule has 0 spiro atoms. The summed E-state index contributed by atoms with van der Waals surface area (Å²) in [6.45, 7) is 12.9. The molecule has 228 valence electrons. The van der Waals surface area contributed by atoms with E-state index in [9.17, 15) is 4.79 Å². The van der Waals surface area contributed by atoms with Crippen molar-refractivity contribution in [2.45, 2.75) is 111 Å². The van der Waals surface area contributed by atoms with Gasteiger partial charge < -0.3 is 14.3 Å². The van der Waals surface area contributed by atoms with Crippen LogP contribution >= 0.6 is 0 Å². The Balaban J connectivity index is 1.45. The van der Waals surface area contributed by atoms with Crippen LogP contribution in [0.1, 0.15) is 113 Å². The molecule has 2 heterocycles. The smallest absolute Gasteiger partial charge is 0.254 e. The Morgan fingerprint density at radius 3 is 2.19 bits per heavy atom. The molecular weight excluding hydrogens is 520 g/mol. The minimum Gasteiger partial charge on any atom is -0.339 e. The monoisotopic (exact) mass is 572 g/mol. The second-order valence-corrected chi connectivity index (χ2v) is 12.5. The second kappa shape index (κ2) is 16.6. The van der Waals surface area contributed by atoms with Crippen molar-refractivity contribution in [1.82, 2.24) is 19.9 Å². The maximum Gasteiger partial charge on any atom is 0.254 e. The number of benzene rings is 2. The highest BCUT2D eigenvalue weighted by molar-refractivity contribution is 5.94. The average Bonchev–Trinajstić information content (AvgIpc) is 3.49. The highest BCUT2D eigenvalue weighted by atomic mass is 16.5. The van der Waals surface area contributed by atoms with E-state index in [-0.39, 0.29) is 11.9 Å². The highest BCUT2D eigenvalue weighted by Gasteiger charge is 2.29. The van der Waals surface area contributed by atoms with E-state index in [1.165, 1.54) is 44.1 Å². The molecule has 0 radical (unpaired) electrons. The molecule has 0 unspecified atom stereocenters. The quantitative estimate of drug-likeness (QED) is 0.161. The number of amides is 1. The van der Waals surface area contributed by atoms with E-state index in [1.807, 2.05) is 12.1 Å². The lowest BCUT2D eigenvalue weighted by molar-refractivity contribution is 0.0546. The van der Waals surface area contributed by atoms with Crippen LogP contribution in [-0.2, 0) is 19.4 Å². The molecule has 1 saturated heterocycles. The Hall–Kier alpha value is -2.99. The van der Waals surface area contributed by atoms with Gasteiger partial charge in [-0.05, 0) is 74.2 Å². The third-order valence-corrected chi connectivity index (χ3v) is 8.58. The zero-order valence-corrected chi connectivity index (χ0v) is 26.5. The number of likely N-dealkylation sites (tertiary alicyclic amines) is 1. The van der Waals surface area contributed by atoms with Gasteiger partial charge in [0.2, 0.25) is 11.7 Å². The molecule has 4 rings (SSSR count). The largest absolute Gasteiger partial charge is 0.339 e. The van der Waals surface area contributed by atoms with Crippen LogP contribution < -0.4 is 0 Å². The van der Waals surface area contributed by atoms with E-state index in [4.69, 9.17) is 4.52 Å². The number of unbranched alkanes of at least 4 members (excludes halogenated alkanes) is 4. The first-order valence-electron chi connectivity index (χ1n) is 16.5. The van der Waals surface area contributed by atoms with E-state index in [2.05, 4.69) is 84.0 Å². The summed E-state index contributed by atoms with van der Waals surface area (Å²) in [5.74, 6) is 2.19. The van der Waals surface area contributed by atoms with Gasteiger partial charge in [-0.15, -0.1) is 0 Å². The summed E-state index contributed by atoms with van der Waals surface area (Å²) in [6.07, 6.45) is 12.2. The number of carbonyl (C=O) groups excluding carboxylic acids is 1. The van der Waals surface area contributed by atoms with Crippen molar-refractivity contribution in [2.75, 3.05) is 19.6 Å². The lowest BCUT2D eigenvalue weighted by Crippen LogP contribution is -2.47. The van der Waals surface area contributed by atoms with Gasteiger partial charge in [0.25, 0.3) is 5.91 Å². The second-order valence-electron chi connectivity index (χ2n) is 12.5. The summed E-state index contributed by atoms with van der Waals surface area (Å²) in [5.41, 5.74) is 4.17. The molecule has 0 bridgehead atoms. The van der Waals surface area contributed by atoms with Crippen molar-refractivity contribution in [2.24, 2.45) is 5.92 Å². The number of hydrogen-bond acceptors (Lipinski definition) is 5. The number of piperidine rings is 1. The van der Waals surface area contributed by atoms with Crippen molar-refractivity contribution >= 4 is 5.91 Å². The molecule has 1 amide bonds. The fourth-order valence-corrected chi connectivity index (χ4v) is 5.78. The third-order valence-electron chi connectivity index (χ3n) is 8.58. The number of hydrogen-bond donors (Lipinski definition) is 0. The molecule has 0 aliphatic carbocycles. The Morgan fingerprint density at radius 2 is 1.55 bits per heavy atom. The molecule has 0 atom stereocenters. The molecular formula is C36H52N4O2. The highest BCUT2D eigenvalue weighted by Crippen LogP contribution is 2.24. The summed E-state index contributed by atoms with van der Waals surface area (Å²) in [6, 6.07) is 16.9. The zero-order valence-electron chi connectivity index (χ0n) is 26.5. The summed E-state index contributed by atoms with van der Waals surface area (Å²) in [5, 5.41) is 4.21. The Labute approximate surface area is 253 Å². The van der Waals surface area contributed by atoms with Gasteiger partial charge in [0.15, 0.2) is 0 Å². The van der Waals surface area contributed by atoms with Crippen LogP contribution in [-0.4, -0.2) is 51.5 Å². The van der Waals surface area contributed by atoms with Gasteiger partial charge >= 0.3 is 0 Å². The molecule has 1 aliphatic heterocycles. The molecule has 42 heavy (non-hydrogen) atoms. The summed E-state index contributed by atoms with van der Waals surface area (Å²) >= 11 is 0. The van der Waals surface area contributed by atoms with Crippen molar-refractivity contribution in [3.8, 4) is 11.4 Å². The van der Waals surface area contributed by atoms with Crippen molar-refractivity contribution in [3.63, 3.8) is 0 Å². The Morgan fingerprint density at radius 1 is 0.905 bits per heavy atom. The van der Waals surface area contributed by atoms with Crippen LogP contribution in [0.4, 0.5) is 0 Å². The zero-order chi connectivity index (χ0) is 29.7. The SMILES string of the molecule is CCCCCc1ccc(C(=O)N(Cc2ccc(-c3noc(CCCCC)n3)cc2)C2CCN(CCC(C)C)CC2)cc1. The minimum absolute atomic E-state index is 0.134. The van der Waals surface area contributed by atoms with Crippen molar-refractivity contribution < 1.29 is 9.32 Å². The number of nitrogens with zero attached hydrogens (tertiary/aromatic N) is 4.